The summed E-state index contributed by atoms with van der Waals surface area (Å²) in [6, 6.07) is 4.74. The van der Waals surface area contributed by atoms with Crippen LogP contribution in [-0.4, -0.2) is 48.6 Å². The lowest BCUT2D eigenvalue weighted by Gasteiger charge is -2.31. The minimum Gasteiger partial charge on any atom is -0.483 e. The lowest BCUT2D eigenvalue weighted by Crippen LogP contribution is -2.43. The summed E-state index contributed by atoms with van der Waals surface area (Å²) in [7, 11) is 1.46. The monoisotopic (exact) mass is 439 g/mol. The number of piperazine rings is 1. The standard InChI is InChI=1S/C22H26FN7O2/c1-13-11-30-12-14(9-17(23)21(30)27-13)28-22(31)15-3-4-18(29-7-5-26-6-8-29)16(20(15)25)10-19(24)32-2/h3-4,9-12,26H,5-8,24-25H2,1-2H3,(H,28,31)/b19-10+. The summed E-state index contributed by atoms with van der Waals surface area (Å²) < 4.78 is 21.0. The van der Waals surface area contributed by atoms with Crippen molar-refractivity contribution >= 4 is 34.7 Å². The number of ether oxygens (including phenoxy) is 1. The maximum Gasteiger partial charge on any atom is 0.257 e. The molecule has 4 rings (SSSR count). The molecule has 0 unspecified atom stereocenters. The normalized spacial score (nSPS) is 14.6. The molecule has 0 spiro atoms. The second-order valence-corrected chi connectivity index (χ2v) is 7.59. The fourth-order valence-electron chi connectivity index (χ4n) is 3.80. The van der Waals surface area contributed by atoms with E-state index in [2.05, 4.69) is 20.5 Å². The molecule has 168 valence electrons. The summed E-state index contributed by atoms with van der Waals surface area (Å²) in [5.41, 5.74) is 15.5. The number of benzene rings is 1. The van der Waals surface area contributed by atoms with Crippen LogP contribution in [0, 0.1) is 12.7 Å². The zero-order chi connectivity index (χ0) is 22.8. The van der Waals surface area contributed by atoms with Gasteiger partial charge in [0.05, 0.1) is 29.7 Å². The van der Waals surface area contributed by atoms with Crippen molar-refractivity contribution in [1.29, 1.82) is 0 Å². The molecule has 0 atom stereocenters. The van der Waals surface area contributed by atoms with E-state index >= 15 is 0 Å². The number of methoxy groups -OCH3 is 1. The summed E-state index contributed by atoms with van der Waals surface area (Å²) in [5, 5.41) is 6.03. The Labute approximate surface area is 184 Å². The van der Waals surface area contributed by atoms with Gasteiger partial charge in [-0.25, -0.2) is 9.37 Å². The summed E-state index contributed by atoms with van der Waals surface area (Å²) in [4.78, 5) is 19.3. The van der Waals surface area contributed by atoms with Gasteiger partial charge in [0.15, 0.2) is 17.3 Å². The van der Waals surface area contributed by atoms with Crippen LogP contribution in [0.15, 0.2) is 36.5 Å². The molecule has 0 saturated carbocycles. The Hall–Kier alpha value is -3.79. The first-order valence-corrected chi connectivity index (χ1v) is 10.2. The van der Waals surface area contributed by atoms with E-state index < -0.39 is 11.7 Å². The number of aryl methyl sites for hydroxylation is 1. The molecule has 3 heterocycles. The highest BCUT2D eigenvalue weighted by molar-refractivity contribution is 6.09. The predicted molar refractivity (Wildman–Crippen MR) is 123 cm³/mol. The van der Waals surface area contributed by atoms with Crippen LogP contribution in [0.1, 0.15) is 21.6 Å². The Morgan fingerprint density at radius 2 is 2.06 bits per heavy atom. The van der Waals surface area contributed by atoms with Crippen LogP contribution < -0.4 is 27.0 Å². The first kappa shape index (κ1) is 21.4. The molecular weight excluding hydrogens is 413 g/mol. The van der Waals surface area contributed by atoms with Gasteiger partial charge in [-0.05, 0) is 19.1 Å². The molecule has 32 heavy (non-hydrogen) atoms. The van der Waals surface area contributed by atoms with Crippen LogP contribution in [0.5, 0.6) is 0 Å². The van der Waals surface area contributed by atoms with Crippen molar-refractivity contribution in [2.45, 2.75) is 6.92 Å². The minimum atomic E-state index is -0.533. The highest BCUT2D eigenvalue weighted by atomic mass is 19.1. The predicted octanol–water partition coefficient (Wildman–Crippen LogP) is 1.93. The van der Waals surface area contributed by atoms with Gasteiger partial charge >= 0.3 is 0 Å². The number of amides is 1. The van der Waals surface area contributed by atoms with Crippen LogP contribution in [0.3, 0.4) is 0 Å². The van der Waals surface area contributed by atoms with E-state index in [-0.39, 0.29) is 28.5 Å². The Morgan fingerprint density at radius 3 is 2.78 bits per heavy atom. The molecule has 1 fully saturated rings. The summed E-state index contributed by atoms with van der Waals surface area (Å²) >= 11 is 0. The van der Waals surface area contributed by atoms with Crippen LogP contribution in [-0.2, 0) is 4.74 Å². The fourth-order valence-corrected chi connectivity index (χ4v) is 3.80. The van der Waals surface area contributed by atoms with Crippen molar-refractivity contribution in [1.82, 2.24) is 14.7 Å². The van der Waals surface area contributed by atoms with E-state index in [0.717, 1.165) is 31.9 Å². The molecule has 1 aromatic carbocycles. The Morgan fingerprint density at radius 1 is 1.31 bits per heavy atom. The fraction of sp³-hybridized carbons (Fsp3) is 0.273. The average molecular weight is 439 g/mol. The molecular formula is C22H26FN7O2. The second-order valence-electron chi connectivity index (χ2n) is 7.59. The van der Waals surface area contributed by atoms with Crippen molar-refractivity contribution in [3.63, 3.8) is 0 Å². The molecule has 2 aromatic heterocycles. The van der Waals surface area contributed by atoms with Crippen molar-refractivity contribution in [3.05, 3.63) is 59.1 Å². The lowest BCUT2D eigenvalue weighted by atomic mass is 10.0. The summed E-state index contributed by atoms with van der Waals surface area (Å²) in [5.74, 6) is -0.821. The number of carbonyl (C=O) groups is 1. The van der Waals surface area contributed by atoms with Crippen LogP contribution in [0.2, 0.25) is 0 Å². The van der Waals surface area contributed by atoms with E-state index in [1.807, 2.05) is 6.07 Å². The molecule has 1 aliphatic heterocycles. The van der Waals surface area contributed by atoms with E-state index in [9.17, 15) is 9.18 Å². The number of carbonyl (C=O) groups excluding carboxylic acids is 1. The van der Waals surface area contributed by atoms with Gasteiger partial charge in [-0.15, -0.1) is 0 Å². The highest BCUT2D eigenvalue weighted by Gasteiger charge is 2.21. The minimum absolute atomic E-state index is 0.175. The van der Waals surface area contributed by atoms with Gasteiger partial charge in [0.1, 0.15) is 0 Å². The van der Waals surface area contributed by atoms with Crippen LogP contribution in [0.4, 0.5) is 21.5 Å². The van der Waals surface area contributed by atoms with Gasteiger partial charge < -0.3 is 36.1 Å². The number of nitrogens with zero attached hydrogens (tertiary/aromatic N) is 3. The maximum absolute atomic E-state index is 14.4. The number of rotatable bonds is 5. The molecule has 1 amide bonds. The molecule has 1 aliphatic rings. The number of fused-ring (bicyclic) bond motifs is 1. The highest BCUT2D eigenvalue weighted by Crippen LogP contribution is 2.32. The first-order chi connectivity index (χ1) is 15.4. The SMILES string of the molecule is CO/C(N)=C/c1c(N2CCNCC2)ccc(C(=O)Nc2cc(F)c3nc(C)cn3c2)c1N. The van der Waals surface area contributed by atoms with Crippen LogP contribution >= 0.6 is 0 Å². The topological polar surface area (TPSA) is 123 Å². The van der Waals surface area contributed by atoms with Crippen LogP contribution in [0.25, 0.3) is 11.7 Å². The van der Waals surface area contributed by atoms with Gasteiger partial charge in [0.2, 0.25) is 0 Å². The Balaban J connectivity index is 1.69. The molecule has 9 nitrogen and oxygen atoms in total. The third-order valence-corrected chi connectivity index (χ3v) is 5.37. The number of hydrogen-bond acceptors (Lipinski definition) is 7. The lowest BCUT2D eigenvalue weighted by molar-refractivity contribution is 0.102. The number of nitrogen functional groups attached to an aromatic ring is 1. The first-order valence-electron chi connectivity index (χ1n) is 10.2. The molecule has 1 saturated heterocycles. The molecule has 3 aromatic rings. The smallest absolute Gasteiger partial charge is 0.257 e. The quantitative estimate of drug-likeness (QED) is 0.354. The zero-order valence-corrected chi connectivity index (χ0v) is 18.0. The average Bonchev–Trinajstić information content (AvgIpc) is 3.16. The van der Waals surface area contributed by atoms with E-state index in [4.69, 9.17) is 16.2 Å². The van der Waals surface area contributed by atoms with E-state index in [0.29, 0.717) is 11.3 Å². The number of anilines is 3. The van der Waals surface area contributed by atoms with Crippen molar-refractivity contribution in [2.75, 3.05) is 49.2 Å². The third kappa shape index (κ3) is 4.17. The number of pyridine rings is 1. The third-order valence-electron chi connectivity index (χ3n) is 5.37. The van der Waals surface area contributed by atoms with Gasteiger partial charge in [0, 0.05) is 62.0 Å². The second kappa shape index (κ2) is 8.75. The Kier molecular flexibility index (Phi) is 5.87. The summed E-state index contributed by atoms with van der Waals surface area (Å²) in [6.07, 6.45) is 4.90. The molecule has 0 aliphatic carbocycles. The number of halogens is 1. The van der Waals surface area contributed by atoms with Crippen molar-refractivity contribution in [3.8, 4) is 0 Å². The largest absolute Gasteiger partial charge is 0.483 e. The number of hydrogen-bond donors (Lipinski definition) is 4. The van der Waals surface area contributed by atoms with Gasteiger partial charge in [-0.2, -0.15) is 0 Å². The molecule has 0 bridgehead atoms. The Bertz CT molecular complexity index is 1200. The number of nitrogens with two attached hydrogens (primary N) is 2. The van der Waals surface area contributed by atoms with Crippen molar-refractivity contribution < 1.29 is 13.9 Å². The van der Waals surface area contributed by atoms with Gasteiger partial charge in [-0.1, -0.05) is 0 Å². The molecule has 6 N–H and O–H groups in total. The summed E-state index contributed by atoms with van der Waals surface area (Å²) in [6.45, 7) is 5.04. The van der Waals surface area contributed by atoms with Crippen molar-refractivity contribution in [2.24, 2.45) is 5.73 Å². The van der Waals surface area contributed by atoms with Gasteiger partial charge in [0.25, 0.3) is 5.91 Å². The maximum atomic E-state index is 14.4. The molecule has 0 radical (unpaired) electrons. The number of imidazole rings is 1. The number of nitrogens with one attached hydrogen (secondary N) is 2. The van der Waals surface area contributed by atoms with Gasteiger partial charge in [-0.3, -0.25) is 4.79 Å². The number of aromatic nitrogens is 2. The van der Waals surface area contributed by atoms with E-state index in [1.54, 1.807) is 31.5 Å². The van der Waals surface area contributed by atoms with E-state index in [1.165, 1.54) is 17.6 Å². The zero-order valence-electron chi connectivity index (χ0n) is 18.0. The molecule has 10 heteroatoms.